The average Bonchev–Trinajstić information content (AvgIpc) is 2.49. The Morgan fingerprint density at radius 2 is 1.21 bits per heavy atom. The van der Waals surface area contributed by atoms with Crippen molar-refractivity contribution in [3.63, 3.8) is 0 Å². The Morgan fingerprint density at radius 3 is 1.47 bits per heavy atom. The van der Waals surface area contributed by atoms with Crippen LogP contribution in [0.25, 0.3) is 0 Å². The van der Waals surface area contributed by atoms with E-state index in [1.165, 1.54) is 16.7 Å². The first-order valence-electron chi connectivity index (χ1n) is 6.89. The summed E-state index contributed by atoms with van der Waals surface area (Å²) in [5.74, 6) is 0.484. The first kappa shape index (κ1) is 15.2. The summed E-state index contributed by atoms with van der Waals surface area (Å²) < 4.78 is 0. The predicted molar refractivity (Wildman–Crippen MR) is 85.5 cm³/mol. The standard InChI is InChI=1S/C14H14.C5H10/c1-12(13-8-4-2-5-9-13)14-10-6-3-7-11-14;1-4-5(2)3/h2-12H,1H3;2,4H2,1,3H3. The molecule has 0 saturated carbocycles. The van der Waals surface area contributed by atoms with E-state index >= 15 is 0 Å². The first-order chi connectivity index (χ1) is 9.15. The van der Waals surface area contributed by atoms with Gasteiger partial charge in [-0.05, 0) is 24.5 Å². The Morgan fingerprint density at radius 1 is 0.895 bits per heavy atom. The minimum Gasteiger partial charge on any atom is -0.100 e. The van der Waals surface area contributed by atoms with E-state index in [0.29, 0.717) is 5.92 Å². The molecule has 0 saturated heterocycles. The second-order valence-corrected chi connectivity index (χ2v) is 4.85. The van der Waals surface area contributed by atoms with Gasteiger partial charge < -0.3 is 0 Å². The fourth-order valence-corrected chi connectivity index (χ4v) is 1.68. The van der Waals surface area contributed by atoms with E-state index in [1.54, 1.807) is 0 Å². The van der Waals surface area contributed by atoms with Crippen LogP contribution in [0.4, 0.5) is 0 Å². The maximum Gasteiger partial charge on any atom is 0.00610 e. The van der Waals surface area contributed by atoms with Crippen molar-refractivity contribution >= 4 is 0 Å². The Hall–Kier alpha value is -1.82. The molecule has 0 amide bonds. The molecular formula is C19H24. The van der Waals surface area contributed by atoms with Gasteiger partial charge in [-0.15, -0.1) is 6.58 Å². The summed E-state index contributed by atoms with van der Waals surface area (Å²) in [5.41, 5.74) is 4.00. The van der Waals surface area contributed by atoms with Gasteiger partial charge >= 0.3 is 0 Å². The summed E-state index contributed by atoms with van der Waals surface area (Å²) >= 11 is 0. The van der Waals surface area contributed by atoms with Crippen LogP contribution in [-0.4, -0.2) is 0 Å². The van der Waals surface area contributed by atoms with Crippen LogP contribution in [0, 0.1) is 0 Å². The van der Waals surface area contributed by atoms with Crippen LogP contribution >= 0.6 is 0 Å². The van der Waals surface area contributed by atoms with Crippen molar-refractivity contribution in [1.29, 1.82) is 0 Å². The zero-order valence-electron chi connectivity index (χ0n) is 12.3. The molecule has 0 radical (unpaired) electrons. The Kier molecular flexibility index (Phi) is 6.67. The molecule has 0 aliphatic rings. The monoisotopic (exact) mass is 252 g/mol. The molecule has 0 nitrogen and oxygen atoms in total. The zero-order chi connectivity index (χ0) is 14.1. The van der Waals surface area contributed by atoms with Crippen molar-refractivity contribution in [1.82, 2.24) is 0 Å². The summed E-state index contributed by atoms with van der Waals surface area (Å²) in [6, 6.07) is 21.2. The summed E-state index contributed by atoms with van der Waals surface area (Å²) in [5, 5.41) is 0. The van der Waals surface area contributed by atoms with Gasteiger partial charge in [-0.2, -0.15) is 0 Å². The van der Waals surface area contributed by atoms with Gasteiger partial charge in [0, 0.05) is 5.92 Å². The molecule has 0 unspecified atom stereocenters. The lowest BCUT2D eigenvalue weighted by Gasteiger charge is -2.11. The highest BCUT2D eigenvalue weighted by Crippen LogP contribution is 2.22. The molecule has 2 rings (SSSR count). The quantitative estimate of drug-likeness (QED) is 0.605. The molecule has 0 aliphatic heterocycles. The SMILES string of the molecule is C=C(C)CC.CC(c1ccccc1)c1ccccc1. The molecule has 0 aromatic heterocycles. The minimum absolute atomic E-state index is 0.484. The highest BCUT2D eigenvalue weighted by Gasteiger charge is 2.05. The van der Waals surface area contributed by atoms with Gasteiger partial charge in [-0.3, -0.25) is 0 Å². The molecule has 2 aromatic rings. The third-order valence-electron chi connectivity index (χ3n) is 3.20. The van der Waals surface area contributed by atoms with E-state index in [9.17, 15) is 0 Å². The maximum absolute atomic E-state index is 3.67. The van der Waals surface area contributed by atoms with Crippen molar-refractivity contribution in [2.45, 2.75) is 33.1 Å². The van der Waals surface area contributed by atoms with Gasteiger partial charge in [0.05, 0.1) is 0 Å². The lowest BCUT2D eigenvalue weighted by atomic mass is 9.93. The molecule has 0 atom stereocenters. The second-order valence-electron chi connectivity index (χ2n) is 4.85. The van der Waals surface area contributed by atoms with Crippen LogP contribution in [0.2, 0.25) is 0 Å². The molecule has 0 heterocycles. The summed E-state index contributed by atoms with van der Waals surface area (Å²) in [7, 11) is 0. The van der Waals surface area contributed by atoms with E-state index in [2.05, 4.69) is 81.1 Å². The lowest BCUT2D eigenvalue weighted by molar-refractivity contribution is 0.922. The fraction of sp³-hybridized carbons (Fsp3) is 0.263. The molecule has 0 spiro atoms. The van der Waals surface area contributed by atoms with E-state index in [1.807, 2.05) is 6.92 Å². The Balaban J connectivity index is 0.000000312. The lowest BCUT2D eigenvalue weighted by Crippen LogP contribution is -1.94. The van der Waals surface area contributed by atoms with Crippen LogP contribution in [0.5, 0.6) is 0 Å². The minimum atomic E-state index is 0.484. The second kappa shape index (κ2) is 8.31. The zero-order valence-corrected chi connectivity index (χ0v) is 12.3. The number of benzene rings is 2. The molecule has 0 aliphatic carbocycles. The van der Waals surface area contributed by atoms with Gasteiger partial charge in [-0.25, -0.2) is 0 Å². The van der Waals surface area contributed by atoms with Gasteiger partial charge in [0.2, 0.25) is 0 Å². The van der Waals surface area contributed by atoms with Crippen molar-refractivity contribution in [3.05, 3.63) is 83.9 Å². The van der Waals surface area contributed by atoms with Crippen molar-refractivity contribution < 1.29 is 0 Å². The highest BCUT2D eigenvalue weighted by atomic mass is 14.1. The first-order valence-corrected chi connectivity index (χ1v) is 6.89. The van der Waals surface area contributed by atoms with E-state index < -0.39 is 0 Å². The third-order valence-corrected chi connectivity index (χ3v) is 3.20. The number of hydrogen-bond donors (Lipinski definition) is 0. The number of hydrogen-bond acceptors (Lipinski definition) is 0. The highest BCUT2D eigenvalue weighted by molar-refractivity contribution is 5.31. The number of rotatable bonds is 3. The third kappa shape index (κ3) is 5.56. The van der Waals surface area contributed by atoms with Crippen LogP contribution < -0.4 is 0 Å². The van der Waals surface area contributed by atoms with Gasteiger partial charge in [0.1, 0.15) is 0 Å². The van der Waals surface area contributed by atoms with E-state index in [-0.39, 0.29) is 0 Å². The molecule has 0 N–H and O–H groups in total. The predicted octanol–water partition coefficient (Wildman–Crippen LogP) is 5.81. The van der Waals surface area contributed by atoms with Crippen molar-refractivity contribution in [2.24, 2.45) is 0 Å². The summed E-state index contributed by atoms with van der Waals surface area (Å²) in [6.45, 7) is 10.0. The van der Waals surface area contributed by atoms with Crippen LogP contribution in [-0.2, 0) is 0 Å². The van der Waals surface area contributed by atoms with Gasteiger partial charge in [-0.1, -0.05) is 80.1 Å². The molecule has 100 valence electrons. The topological polar surface area (TPSA) is 0 Å². The Bertz CT molecular complexity index is 428. The van der Waals surface area contributed by atoms with Crippen LogP contribution in [0.3, 0.4) is 0 Å². The van der Waals surface area contributed by atoms with Crippen LogP contribution in [0.15, 0.2) is 72.8 Å². The number of allylic oxidation sites excluding steroid dienone is 1. The normalized spacial score (nSPS) is 9.68. The molecule has 2 aromatic carbocycles. The molecule has 19 heavy (non-hydrogen) atoms. The van der Waals surface area contributed by atoms with Gasteiger partial charge in [0.15, 0.2) is 0 Å². The summed E-state index contributed by atoms with van der Waals surface area (Å²) in [6.07, 6.45) is 1.11. The molecule has 0 fully saturated rings. The fourth-order valence-electron chi connectivity index (χ4n) is 1.68. The van der Waals surface area contributed by atoms with E-state index in [0.717, 1.165) is 6.42 Å². The van der Waals surface area contributed by atoms with Crippen molar-refractivity contribution in [3.8, 4) is 0 Å². The maximum atomic E-state index is 3.67. The largest absolute Gasteiger partial charge is 0.100 e. The molecular weight excluding hydrogens is 228 g/mol. The van der Waals surface area contributed by atoms with E-state index in [4.69, 9.17) is 0 Å². The van der Waals surface area contributed by atoms with Crippen LogP contribution in [0.1, 0.15) is 44.2 Å². The smallest absolute Gasteiger partial charge is 0.00610 e. The molecule has 0 heteroatoms. The van der Waals surface area contributed by atoms with Gasteiger partial charge in [0.25, 0.3) is 0 Å². The molecule has 0 bridgehead atoms. The average molecular weight is 252 g/mol. The van der Waals surface area contributed by atoms with Crippen molar-refractivity contribution in [2.75, 3.05) is 0 Å². The Labute approximate surface area is 117 Å². The summed E-state index contributed by atoms with van der Waals surface area (Å²) in [4.78, 5) is 0.